The third kappa shape index (κ3) is 5.43. The summed E-state index contributed by atoms with van der Waals surface area (Å²) in [6.45, 7) is 11.4. The highest BCUT2D eigenvalue weighted by atomic mass is 19.3. The Morgan fingerprint density at radius 3 is 2.24 bits per heavy atom. The highest BCUT2D eigenvalue weighted by Gasteiger charge is 2.50. The number of alkyl halides is 2. The molecule has 1 aromatic rings. The Hall–Kier alpha value is -1.53. The van der Waals surface area contributed by atoms with E-state index in [1.807, 2.05) is 11.0 Å². The molecule has 0 spiro atoms. The van der Waals surface area contributed by atoms with E-state index in [4.69, 9.17) is 0 Å². The number of nitrogens with zero attached hydrogens (tertiary/aromatic N) is 3. The van der Waals surface area contributed by atoms with Gasteiger partial charge in [0.15, 0.2) is 0 Å². The number of carbonyl (C=O) groups is 1. The lowest BCUT2D eigenvalue weighted by molar-refractivity contribution is -0.151. The number of amides is 1. The largest absolute Gasteiger partial charge is 0.343 e. The number of piperidine rings is 1. The monoisotopic (exact) mass is 461 g/mol. The molecule has 6 heteroatoms. The number of hydrogen-bond donors (Lipinski definition) is 0. The first-order valence-electron chi connectivity index (χ1n) is 12.9. The van der Waals surface area contributed by atoms with Crippen molar-refractivity contribution in [2.75, 3.05) is 39.3 Å². The first-order chi connectivity index (χ1) is 15.7. The Bertz CT molecular complexity index is 784. The van der Waals surface area contributed by atoms with Crippen molar-refractivity contribution in [3.8, 4) is 0 Å². The predicted molar refractivity (Wildman–Crippen MR) is 129 cm³/mol. The number of likely N-dealkylation sites (tertiary alicyclic amines) is 1. The molecular formula is C27H41F2N3O. The van der Waals surface area contributed by atoms with Gasteiger partial charge in [0.05, 0.1) is 0 Å². The molecule has 2 atom stereocenters. The topological polar surface area (TPSA) is 26.8 Å². The van der Waals surface area contributed by atoms with Crippen LogP contribution >= 0.6 is 0 Å². The number of piperazine rings is 1. The summed E-state index contributed by atoms with van der Waals surface area (Å²) in [5, 5.41) is 0. The van der Waals surface area contributed by atoms with E-state index in [-0.39, 0.29) is 30.2 Å². The van der Waals surface area contributed by atoms with E-state index >= 15 is 8.78 Å². The molecule has 2 heterocycles. The second kappa shape index (κ2) is 9.99. The van der Waals surface area contributed by atoms with E-state index in [9.17, 15) is 4.79 Å². The molecule has 4 rings (SSSR count). The molecule has 2 saturated heterocycles. The summed E-state index contributed by atoms with van der Waals surface area (Å²) in [5.41, 5.74) is 1.35. The number of halogens is 2. The van der Waals surface area contributed by atoms with Crippen LogP contribution in [0.2, 0.25) is 0 Å². The Morgan fingerprint density at radius 1 is 1.00 bits per heavy atom. The zero-order valence-corrected chi connectivity index (χ0v) is 20.6. The molecule has 2 aliphatic heterocycles. The quantitative estimate of drug-likeness (QED) is 0.631. The van der Waals surface area contributed by atoms with Crippen LogP contribution in [0.5, 0.6) is 0 Å². The maximum atomic E-state index is 15.1. The molecule has 184 valence electrons. The number of benzene rings is 1. The molecule has 1 amide bonds. The molecule has 33 heavy (non-hydrogen) atoms. The Morgan fingerprint density at radius 2 is 1.64 bits per heavy atom. The van der Waals surface area contributed by atoms with Crippen LogP contribution in [0.4, 0.5) is 8.78 Å². The van der Waals surface area contributed by atoms with Crippen molar-refractivity contribution in [2.45, 2.75) is 82.7 Å². The Labute approximate surface area is 198 Å². The van der Waals surface area contributed by atoms with Gasteiger partial charge in [-0.3, -0.25) is 14.6 Å². The fraction of sp³-hybridized carbons (Fsp3) is 0.741. The van der Waals surface area contributed by atoms with Gasteiger partial charge in [-0.15, -0.1) is 0 Å². The lowest BCUT2D eigenvalue weighted by Crippen LogP contribution is -2.58. The molecule has 4 nitrogen and oxygen atoms in total. The first-order valence-corrected chi connectivity index (χ1v) is 12.9. The van der Waals surface area contributed by atoms with Gasteiger partial charge in [-0.25, -0.2) is 8.78 Å². The van der Waals surface area contributed by atoms with E-state index in [0.717, 1.165) is 45.4 Å². The van der Waals surface area contributed by atoms with Crippen molar-refractivity contribution >= 4 is 5.91 Å². The van der Waals surface area contributed by atoms with E-state index in [1.165, 1.54) is 5.56 Å². The maximum absolute atomic E-state index is 15.1. The molecule has 1 aromatic carbocycles. The van der Waals surface area contributed by atoms with Crippen LogP contribution in [0.3, 0.4) is 0 Å². The molecule has 0 aromatic heterocycles. The Kier molecular flexibility index (Phi) is 7.44. The molecule has 0 N–H and O–H groups in total. The first kappa shape index (κ1) is 24.6. The lowest BCUT2D eigenvalue weighted by atomic mass is 9.74. The molecule has 1 unspecified atom stereocenters. The van der Waals surface area contributed by atoms with Crippen molar-refractivity contribution in [3.63, 3.8) is 0 Å². The van der Waals surface area contributed by atoms with Crippen molar-refractivity contribution in [1.29, 1.82) is 0 Å². The zero-order valence-electron chi connectivity index (χ0n) is 20.6. The third-order valence-corrected chi connectivity index (χ3v) is 8.65. The van der Waals surface area contributed by atoms with E-state index in [2.05, 4.69) is 54.8 Å². The van der Waals surface area contributed by atoms with E-state index in [0.29, 0.717) is 25.6 Å². The van der Waals surface area contributed by atoms with Crippen LogP contribution in [0.15, 0.2) is 30.3 Å². The molecule has 1 saturated carbocycles. The van der Waals surface area contributed by atoms with Crippen molar-refractivity contribution in [2.24, 2.45) is 5.92 Å². The highest BCUT2D eigenvalue weighted by molar-refractivity contribution is 5.77. The lowest BCUT2D eigenvalue weighted by Gasteiger charge is -2.48. The summed E-state index contributed by atoms with van der Waals surface area (Å²) in [6, 6.07) is 10.8. The van der Waals surface area contributed by atoms with Crippen LogP contribution in [-0.2, 0) is 10.2 Å². The van der Waals surface area contributed by atoms with Gasteiger partial charge < -0.3 is 4.90 Å². The normalized spacial score (nSPS) is 28.7. The zero-order chi connectivity index (χ0) is 23.6. The van der Waals surface area contributed by atoms with Gasteiger partial charge >= 0.3 is 0 Å². The predicted octanol–water partition coefficient (Wildman–Crippen LogP) is 4.79. The third-order valence-electron chi connectivity index (χ3n) is 8.65. The fourth-order valence-electron chi connectivity index (χ4n) is 6.22. The Balaban J connectivity index is 1.39. The summed E-state index contributed by atoms with van der Waals surface area (Å²) in [4.78, 5) is 19.8. The van der Waals surface area contributed by atoms with Gasteiger partial charge in [0.1, 0.15) is 0 Å². The molecule has 3 fully saturated rings. The standard InChI is InChI=1S/C27H41F2N3O/c1-21(2)30-16-18-31(19-17-30)24-10-7-11-27(28,29)23(24)20-25(33)32-14-12-26(3,13-15-32)22-8-5-4-6-9-22/h4-6,8-9,21,23-24H,7,10-20H2,1-3H3/t23?,24-/m0/s1. The minimum atomic E-state index is -2.76. The minimum absolute atomic E-state index is 0.0237. The van der Waals surface area contributed by atoms with Crippen LogP contribution in [0.1, 0.15) is 64.9 Å². The molecular weight excluding hydrogens is 420 g/mol. The summed E-state index contributed by atoms with van der Waals surface area (Å²) in [7, 11) is 0. The van der Waals surface area contributed by atoms with Crippen molar-refractivity contribution in [3.05, 3.63) is 35.9 Å². The number of hydrogen-bond acceptors (Lipinski definition) is 3. The van der Waals surface area contributed by atoms with Crippen LogP contribution < -0.4 is 0 Å². The molecule has 1 aliphatic carbocycles. The molecule has 0 radical (unpaired) electrons. The summed E-state index contributed by atoms with van der Waals surface area (Å²) >= 11 is 0. The summed E-state index contributed by atoms with van der Waals surface area (Å²) in [6.07, 6.45) is 2.98. The summed E-state index contributed by atoms with van der Waals surface area (Å²) in [5.74, 6) is -3.71. The number of carbonyl (C=O) groups excluding carboxylic acids is 1. The highest BCUT2D eigenvalue weighted by Crippen LogP contribution is 2.43. The maximum Gasteiger partial charge on any atom is 0.252 e. The minimum Gasteiger partial charge on any atom is -0.343 e. The van der Waals surface area contributed by atoms with Gasteiger partial charge in [0.2, 0.25) is 5.91 Å². The fourth-order valence-corrected chi connectivity index (χ4v) is 6.22. The van der Waals surface area contributed by atoms with Crippen LogP contribution in [0.25, 0.3) is 0 Å². The SMILES string of the molecule is CC(C)N1CCN([C@H]2CCCC(F)(F)C2CC(=O)N2CCC(C)(c3ccccc3)CC2)CC1. The molecule has 0 bridgehead atoms. The smallest absolute Gasteiger partial charge is 0.252 e. The van der Waals surface area contributed by atoms with Crippen molar-refractivity contribution < 1.29 is 13.6 Å². The van der Waals surface area contributed by atoms with Gasteiger partial charge in [-0.05, 0) is 50.5 Å². The van der Waals surface area contributed by atoms with Crippen LogP contribution in [-0.4, -0.2) is 77.9 Å². The van der Waals surface area contributed by atoms with Crippen LogP contribution in [0, 0.1) is 5.92 Å². The van der Waals surface area contributed by atoms with Gasteiger partial charge in [0.25, 0.3) is 5.92 Å². The van der Waals surface area contributed by atoms with Gasteiger partial charge in [0, 0.05) is 70.1 Å². The van der Waals surface area contributed by atoms with E-state index < -0.39 is 11.8 Å². The second-order valence-electron chi connectivity index (χ2n) is 11.0. The van der Waals surface area contributed by atoms with E-state index in [1.54, 1.807) is 0 Å². The van der Waals surface area contributed by atoms with Gasteiger partial charge in [-0.1, -0.05) is 37.3 Å². The average Bonchev–Trinajstić information content (AvgIpc) is 2.81. The van der Waals surface area contributed by atoms with Gasteiger partial charge in [-0.2, -0.15) is 0 Å². The summed E-state index contributed by atoms with van der Waals surface area (Å²) < 4.78 is 30.3. The van der Waals surface area contributed by atoms with Crippen molar-refractivity contribution in [1.82, 2.24) is 14.7 Å². The average molecular weight is 462 g/mol. The second-order valence-corrected chi connectivity index (χ2v) is 11.0. The number of rotatable bonds is 5. The molecule has 3 aliphatic rings.